The molecule has 1 saturated heterocycles. The summed E-state index contributed by atoms with van der Waals surface area (Å²) in [6, 6.07) is 18.7. The van der Waals surface area contributed by atoms with Crippen molar-refractivity contribution in [1.82, 2.24) is 5.32 Å². The highest BCUT2D eigenvalue weighted by atomic mass is 16.5. The third-order valence-corrected chi connectivity index (χ3v) is 3.33. The summed E-state index contributed by atoms with van der Waals surface area (Å²) in [5.41, 5.74) is 1.26. The van der Waals surface area contributed by atoms with E-state index in [2.05, 4.69) is 17.4 Å². The van der Waals surface area contributed by atoms with E-state index in [1.54, 1.807) is 0 Å². The standard InChI is InChI=1S/C16H17NO/c1-2-7-13(8-3-1)18-16-11-5-4-9-14(16)15-10-6-12-17-15/h1-5,7-9,11,15,17H,6,10,12H2. The van der Waals surface area contributed by atoms with E-state index in [0.29, 0.717) is 6.04 Å². The smallest absolute Gasteiger partial charge is 0.132 e. The fourth-order valence-electron chi connectivity index (χ4n) is 2.43. The van der Waals surface area contributed by atoms with Gasteiger partial charge in [0.2, 0.25) is 0 Å². The normalized spacial score (nSPS) is 18.8. The third kappa shape index (κ3) is 2.39. The van der Waals surface area contributed by atoms with Crippen molar-refractivity contribution in [2.45, 2.75) is 18.9 Å². The second-order valence-corrected chi connectivity index (χ2v) is 4.60. The molecule has 2 aromatic rings. The van der Waals surface area contributed by atoms with Gasteiger partial charge in [0, 0.05) is 11.6 Å². The molecule has 18 heavy (non-hydrogen) atoms. The maximum Gasteiger partial charge on any atom is 0.132 e. The van der Waals surface area contributed by atoms with Crippen LogP contribution in [0.1, 0.15) is 24.4 Å². The van der Waals surface area contributed by atoms with Crippen molar-refractivity contribution >= 4 is 0 Å². The van der Waals surface area contributed by atoms with Gasteiger partial charge in [-0.25, -0.2) is 0 Å². The lowest BCUT2D eigenvalue weighted by Crippen LogP contribution is -2.13. The van der Waals surface area contributed by atoms with Gasteiger partial charge >= 0.3 is 0 Å². The Hall–Kier alpha value is -1.80. The molecule has 0 saturated carbocycles. The Kier molecular flexibility index (Phi) is 3.29. The monoisotopic (exact) mass is 239 g/mol. The van der Waals surface area contributed by atoms with Crippen molar-refractivity contribution < 1.29 is 4.74 Å². The first kappa shape index (κ1) is 11.3. The number of para-hydroxylation sites is 2. The molecule has 2 nitrogen and oxygen atoms in total. The molecule has 92 valence electrons. The Morgan fingerprint density at radius 2 is 1.72 bits per heavy atom. The number of hydrogen-bond donors (Lipinski definition) is 1. The molecule has 0 aliphatic carbocycles. The van der Waals surface area contributed by atoms with E-state index >= 15 is 0 Å². The fourth-order valence-corrected chi connectivity index (χ4v) is 2.43. The van der Waals surface area contributed by atoms with Crippen LogP contribution in [-0.2, 0) is 0 Å². The van der Waals surface area contributed by atoms with Crippen molar-refractivity contribution in [2.75, 3.05) is 6.54 Å². The van der Waals surface area contributed by atoms with Gasteiger partial charge in [-0.1, -0.05) is 36.4 Å². The number of rotatable bonds is 3. The van der Waals surface area contributed by atoms with E-state index in [9.17, 15) is 0 Å². The van der Waals surface area contributed by atoms with Crippen LogP contribution in [0.2, 0.25) is 0 Å². The summed E-state index contributed by atoms with van der Waals surface area (Å²) in [6.45, 7) is 1.10. The average Bonchev–Trinajstić information content (AvgIpc) is 2.94. The van der Waals surface area contributed by atoms with Crippen LogP contribution in [-0.4, -0.2) is 6.54 Å². The molecule has 1 heterocycles. The van der Waals surface area contributed by atoms with Gasteiger partial charge in [0.25, 0.3) is 0 Å². The number of hydrogen-bond acceptors (Lipinski definition) is 2. The zero-order valence-electron chi connectivity index (χ0n) is 10.3. The highest BCUT2D eigenvalue weighted by Gasteiger charge is 2.19. The zero-order valence-corrected chi connectivity index (χ0v) is 10.3. The van der Waals surface area contributed by atoms with Crippen LogP contribution in [0.4, 0.5) is 0 Å². The summed E-state index contributed by atoms with van der Waals surface area (Å²) in [6.07, 6.45) is 2.43. The molecule has 0 amide bonds. The summed E-state index contributed by atoms with van der Waals surface area (Å²) in [5, 5.41) is 3.52. The van der Waals surface area contributed by atoms with E-state index in [4.69, 9.17) is 4.74 Å². The minimum Gasteiger partial charge on any atom is -0.457 e. The lowest BCUT2D eigenvalue weighted by Gasteiger charge is -2.16. The Morgan fingerprint density at radius 3 is 2.50 bits per heavy atom. The molecule has 0 spiro atoms. The van der Waals surface area contributed by atoms with Gasteiger partial charge in [0.15, 0.2) is 0 Å². The molecular formula is C16H17NO. The van der Waals surface area contributed by atoms with Gasteiger partial charge in [-0.15, -0.1) is 0 Å². The molecule has 2 heteroatoms. The minimum absolute atomic E-state index is 0.435. The largest absolute Gasteiger partial charge is 0.457 e. The van der Waals surface area contributed by atoms with Gasteiger partial charge in [0.05, 0.1) is 0 Å². The van der Waals surface area contributed by atoms with Crippen LogP contribution in [0, 0.1) is 0 Å². The first-order valence-electron chi connectivity index (χ1n) is 6.49. The molecule has 1 fully saturated rings. The molecule has 1 unspecified atom stereocenters. The second kappa shape index (κ2) is 5.23. The van der Waals surface area contributed by atoms with Gasteiger partial charge in [-0.05, 0) is 37.6 Å². The SMILES string of the molecule is c1ccc(Oc2ccccc2C2CCCN2)cc1. The van der Waals surface area contributed by atoms with E-state index < -0.39 is 0 Å². The lowest BCUT2D eigenvalue weighted by molar-refractivity contribution is 0.465. The van der Waals surface area contributed by atoms with E-state index in [1.165, 1.54) is 18.4 Å². The molecule has 0 bridgehead atoms. The summed E-state index contributed by atoms with van der Waals surface area (Å²) >= 11 is 0. The van der Waals surface area contributed by atoms with Crippen LogP contribution < -0.4 is 10.1 Å². The van der Waals surface area contributed by atoms with Gasteiger partial charge < -0.3 is 10.1 Å². The third-order valence-electron chi connectivity index (χ3n) is 3.33. The first-order valence-corrected chi connectivity index (χ1v) is 6.49. The van der Waals surface area contributed by atoms with Crippen molar-refractivity contribution in [1.29, 1.82) is 0 Å². The average molecular weight is 239 g/mol. The summed E-state index contributed by atoms with van der Waals surface area (Å²) < 4.78 is 5.98. The quantitative estimate of drug-likeness (QED) is 0.877. The molecule has 3 rings (SSSR count). The first-order chi connectivity index (χ1) is 8.93. The van der Waals surface area contributed by atoms with Crippen molar-refractivity contribution in [3.05, 3.63) is 60.2 Å². The van der Waals surface area contributed by atoms with Crippen LogP contribution in [0.5, 0.6) is 11.5 Å². The van der Waals surface area contributed by atoms with Crippen LogP contribution in [0.25, 0.3) is 0 Å². The number of nitrogens with one attached hydrogen (secondary N) is 1. The summed E-state index contributed by atoms with van der Waals surface area (Å²) in [4.78, 5) is 0. The molecule has 1 aliphatic heterocycles. The number of ether oxygens (including phenoxy) is 1. The Balaban J connectivity index is 1.87. The zero-order chi connectivity index (χ0) is 12.2. The Labute approximate surface area is 108 Å². The van der Waals surface area contributed by atoms with Gasteiger partial charge in [0.1, 0.15) is 11.5 Å². The van der Waals surface area contributed by atoms with E-state index in [-0.39, 0.29) is 0 Å². The highest BCUT2D eigenvalue weighted by molar-refractivity contribution is 5.40. The van der Waals surface area contributed by atoms with Crippen molar-refractivity contribution in [2.24, 2.45) is 0 Å². The van der Waals surface area contributed by atoms with Gasteiger partial charge in [-0.3, -0.25) is 0 Å². The molecule has 2 aromatic carbocycles. The predicted molar refractivity (Wildman–Crippen MR) is 72.9 cm³/mol. The van der Waals surface area contributed by atoms with Crippen molar-refractivity contribution in [3.63, 3.8) is 0 Å². The number of benzene rings is 2. The molecule has 1 atom stereocenters. The predicted octanol–water partition coefficient (Wildman–Crippen LogP) is 3.90. The Morgan fingerprint density at radius 1 is 0.944 bits per heavy atom. The topological polar surface area (TPSA) is 21.3 Å². The molecular weight excluding hydrogens is 222 g/mol. The summed E-state index contributed by atoms with van der Waals surface area (Å²) in [5.74, 6) is 1.85. The molecule has 0 radical (unpaired) electrons. The second-order valence-electron chi connectivity index (χ2n) is 4.60. The Bertz CT molecular complexity index is 504. The molecule has 1 N–H and O–H groups in total. The fraction of sp³-hybridized carbons (Fsp3) is 0.250. The van der Waals surface area contributed by atoms with Crippen molar-refractivity contribution in [3.8, 4) is 11.5 Å². The maximum absolute atomic E-state index is 5.98. The lowest BCUT2D eigenvalue weighted by atomic mass is 10.0. The molecule has 1 aliphatic rings. The van der Waals surface area contributed by atoms with Crippen LogP contribution >= 0.6 is 0 Å². The summed E-state index contributed by atoms with van der Waals surface area (Å²) in [7, 11) is 0. The van der Waals surface area contributed by atoms with E-state index in [0.717, 1.165) is 18.0 Å². The highest BCUT2D eigenvalue weighted by Crippen LogP contribution is 2.33. The van der Waals surface area contributed by atoms with Crippen LogP contribution in [0.3, 0.4) is 0 Å². The maximum atomic E-state index is 5.98. The minimum atomic E-state index is 0.435. The molecule has 0 aromatic heterocycles. The van der Waals surface area contributed by atoms with Crippen LogP contribution in [0.15, 0.2) is 54.6 Å². The van der Waals surface area contributed by atoms with Gasteiger partial charge in [-0.2, -0.15) is 0 Å². The van der Waals surface area contributed by atoms with E-state index in [1.807, 2.05) is 42.5 Å².